The van der Waals surface area contributed by atoms with E-state index in [4.69, 9.17) is 5.73 Å². The zero-order valence-electron chi connectivity index (χ0n) is 12.2. The van der Waals surface area contributed by atoms with Crippen molar-refractivity contribution in [1.29, 1.82) is 0 Å². The predicted molar refractivity (Wildman–Crippen MR) is 82.6 cm³/mol. The minimum Gasteiger partial charge on any atom is -0.369 e. The van der Waals surface area contributed by atoms with E-state index in [-0.39, 0.29) is 22.9 Å². The van der Waals surface area contributed by atoms with Crippen LogP contribution in [0.2, 0.25) is 0 Å². The van der Waals surface area contributed by atoms with E-state index in [2.05, 4.69) is 10.3 Å². The third-order valence-corrected chi connectivity index (χ3v) is 3.17. The Morgan fingerprint density at radius 2 is 2.17 bits per heavy atom. The smallest absolute Gasteiger partial charge is 0.288 e. The van der Waals surface area contributed by atoms with Gasteiger partial charge in [-0.25, -0.2) is 9.37 Å². The van der Waals surface area contributed by atoms with E-state index < -0.39 is 10.8 Å². The molecule has 2 aromatic rings. The fraction of sp³-hybridized carbons (Fsp3) is 0.200. The van der Waals surface area contributed by atoms with Crippen LogP contribution in [0.25, 0.3) is 0 Å². The molecule has 0 aliphatic rings. The lowest BCUT2D eigenvalue weighted by molar-refractivity contribution is -0.385. The SMILES string of the molecule is NC(=O)c1cc([N+](=O)[O-])cnc1NCCCc1cccc(F)c1. The van der Waals surface area contributed by atoms with Crippen molar-refractivity contribution in [2.75, 3.05) is 11.9 Å². The molecule has 1 aromatic carbocycles. The van der Waals surface area contributed by atoms with Crippen molar-refractivity contribution in [2.45, 2.75) is 12.8 Å². The van der Waals surface area contributed by atoms with Crippen molar-refractivity contribution in [3.8, 4) is 0 Å². The van der Waals surface area contributed by atoms with Crippen LogP contribution in [-0.4, -0.2) is 22.4 Å². The summed E-state index contributed by atoms with van der Waals surface area (Å²) in [6, 6.07) is 7.38. The Hall–Kier alpha value is -3.03. The van der Waals surface area contributed by atoms with Gasteiger partial charge in [-0.2, -0.15) is 0 Å². The maximum atomic E-state index is 13.1. The molecule has 0 unspecified atom stereocenters. The molecule has 0 atom stereocenters. The van der Waals surface area contributed by atoms with E-state index in [1.165, 1.54) is 12.1 Å². The fourth-order valence-corrected chi connectivity index (χ4v) is 2.07. The van der Waals surface area contributed by atoms with Gasteiger partial charge in [-0.3, -0.25) is 14.9 Å². The molecular weight excluding hydrogens is 303 g/mol. The third-order valence-electron chi connectivity index (χ3n) is 3.17. The highest BCUT2D eigenvalue weighted by Gasteiger charge is 2.15. The number of pyridine rings is 1. The van der Waals surface area contributed by atoms with Crippen molar-refractivity contribution in [1.82, 2.24) is 4.98 Å². The molecule has 2 rings (SSSR count). The number of benzene rings is 1. The second-order valence-corrected chi connectivity index (χ2v) is 4.87. The first-order chi connectivity index (χ1) is 11.0. The van der Waals surface area contributed by atoms with E-state index in [0.717, 1.165) is 17.8 Å². The quantitative estimate of drug-likeness (QED) is 0.462. The number of nitrogens with one attached hydrogen (secondary N) is 1. The number of nitrogens with zero attached hydrogens (tertiary/aromatic N) is 2. The highest BCUT2D eigenvalue weighted by Crippen LogP contribution is 2.18. The number of nitro groups is 1. The molecule has 0 bridgehead atoms. The normalized spacial score (nSPS) is 10.3. The average molecular weight is 318 g/mol. The number of anilines is 1. The summed E-state index contributed by atoms with van der Waals surface area (Å²) in [5.74, 6) is -0.889. The van der Waals surface area contributed by atoms with E-state index in [9.17, 15) is 19.3 Å². The first-order valence-corrected chi connectivity index (χ1v) is 6.90. The summed E-state index contributed by atoms with van der Waals surface area (Å²) in [5, 5.41) is 13.6. The van der Waals surface area contributed by atoms with Crippen LogP contribution >= 0.6 is 0 Å². The van der Waals surface area contributed by atoms with Crippen LogP contribution in [0.5, 0.6) is 0 Å². The van der Waals surface area contributed by atoms with Gasteiger partial charge < -0.3 is 11.1 Å². The lowest BCUT2D eigenvalue weighted by Gasteiger charge is -2.09. The summed E-state index contributed by atoms with van der Waals surface area (Å²) in [6.45, 7) is 0.460. The molecule has 0 saturated heterocycles. The van der Waals surface area contributed by atoms with Crippen LogP contribution < -0.4 is 11.1 Å². The van der Waals surface area contributed by atoms with Crippen LogP contribution in [0, 0.1) is 15.9 Å². The van der Waals surface area contributed by atoms with Crippen LogP contribution in [-0.2, 0) is 6.42 Å². The Morgan fingerprint density at radius 1 is 1.39 bits per heavy atom. The highest BCUT2D eigenvalue weighted by atomic mass is 19.1. The number of aryl methyl sites for hydroxylation is 1. The monoisotopic (exact) mass is 318 g/mol. The Kier molecular flexibility index (Phi) is 5.19. The van der Waals surface area contributed by atoms with Gasteiger partial charge in [0.2, 0.25) is 0 Å². The third kappa shape index (κ3) is 4.47. The van der Waals surface area contributed by atoms with Gasteiger partial charge in [0, 0.05) is 12.6 Å². The van der Waals surface area contributed by atoms with Gasteiger partial charge in [0.05, 0.1) is 10.5 Å². The minimum atomic E-state index is -0.797. The van der Waals surface area contributed by atoms with Crippen molar-refractivity contribution in [3.63, 3.8) is 0 Å². The van der Waals surface area contributed by atoms with Crippen LogP contribution in [0.3, 0.4) is 0 Å². The van der Waals surface area contributed by atoms with E-state index in [1.807, 2.05) is 6.07 Å². The molecule has 0 spiro atoms. The average Bonchev–Trinajstić information content (AvgIpc) is 2.51. The number of carbonyl (C=O) groups is 1. The molecule has 1 amide bonds. The summed E-state index contributed by atoms with van der Waals surface area (Å²) in [4.78, 5) is 25.3. The van der Waals surface area contributed by atoms with E-state index >= 15 is 0 Å². The number of halogens is 1. The summed E-state index contributed by atoms with van der Waals surface area (Å²) in [6.07, 6.45) is 2.37. The minimum absolute atomic E-state index is 0.0371. The van der Waals surface area contributed by atoms with Crippen LogP contribution in [0.15, 0.2) is 36.5 Å². The maximum absolute atomic E-state index is 13.1. The van der Waals surface area contributed by atoms with Crippen LogP contribution in [0.4, 0.5) is 15.9 Å². The Bertz CT molecular complexity index is 736. The molecule has 1 heterocycles. The molecular formula is C15H15FN4O3. The van der Waals surface area contributed by atoms with Gasteiger partial charge in [0.15, 0.2) is 0 Å². The number of nitrogens with two attached hydrogens (primary N) is 1. The number of rotatable bonds is 7. The zero-order chi connectivity index (χ0) is 16.8. The van der Waals surface area contributed by atoms with Crippen molar-refractivity contribution in [2.24, 2.45) is 5.73 Å². The van der Waals surface area contributed by atoms with Gasteiger partial charge in [-0.15, -0.1) is 0 Å². The molecule has 0 radical (unpaired) electrons. The van der Waals surface area contributed by atoms with Gasteiger partial charge in [0.25, 0.3) is 11.6 Å². The summed E-state index contributed by atoms with van der Waals surface area (Å²) in [5.41, 5.74) is 5.73. The second kappa shape index (κ2) is 7.30. The summed E-state index contributed by atoms with van der Waals surface area (Å²) < 4.78 is 13.1. The molecule has 8 heteroatoms. The fourth-order valence-electron chi connectivity index (χ4n) is 2.07. The molecule has 0 fully saturated rings. The first-order valence-electron chi connectivity index (χ1n) is 6.90. The highest BCUT2D eigenvalue weighted by molar-refractivity contribution is 5.98. The molecule has 7 nitrogen and oxygen atoms in total. The molecule has 23 heavy (non-hydrogen) atoms. The Labute approximate surface area is 131 Å². The Morgan fingerprint density at radius 3 is 2.83 bits per heavy atom. The standard InChI is InChI=1S/C15H15FN4O3/c16-11-5-1-3-10(7-11)4-2-6-18-15-13(14(17)21)8-12(9-19-15)20(22)23/h1,3,5,7-9H,2,4,6H2,(H2,17,21)(H,18,19). The van der Waals surface area contributed by atoms with Gasteiger partial charge in [-0.1, -0.05) is 12.1 Å². The van der Waals surface area contributed by atoms with Gasteiger partial charge in [-0.05, 0) is 30.5 Å². The van der Waals surface area contributed by atoms with E-state index in [0.29, 0.717) is 19.4 Å². The number of hydrogen-bond donors (Lipinski definition) is 2. The van der Waals surface area contributed by atoms with Crippen molar-refractivity contribution >= 4 is 17.4 Å². The van der Waals surface area contributed by atoms with Gasteiger partial charge in [0.1, 0.15) is 17.8 Å². The molecule has 0 aliphatic heterocycles. The molecule has 0 aliphatic carbocycles. The maximum Gasteiger partial charge on any atom is 0.288 e. The summed E-state index contributed by atoms with van der Waals surface area (Å²) in [7, 11) is 0. The molecule has 1 aromatic heterocycles. The van der Waals surface area contributed by atoms with Crippen molar-refractivity contribution in [3.05, 3.63) is 63.6 Å². The largest absolute Gasteiger partial charge is 0.369 e. The summed E-state index contributed by atoms with van der Waals surface area (Å²) >= 11 is 0. The lowest BCUT2D eigenvalue weighted by Crippen LogP contribution is -2.16. The molecule has 120 valence electrons. The molecule has 3 N–H and O–H groups in total. The number of aromatic nitrogens is 1. The predicted octanol–water partition coefficient (Wildman–Crippen LogP) is 2.27. The van der Waals surface area contributed by atoms with Crippen LogP contribution in [0.1, 0.15) is 22.3 Å². The lowest BCUT2D eigenvalue weighted by atomic mass is 10.1. The Balaban J connectivity index is 1.97. The zero-order valence-corrected chi connectivity index (χ0v) is 12.2. The first kappa shape index (κ1) is 16.3. The number of hydrogen-bond acceptors (Lipinski definition) is 5. The van der Waals surface area contributed by atoms with Gasteiger partial charge >= 0.3 is 0 Å². The molecule has 0 saturated carbocycles. The second-order valence-electron chi connectivity index (χ2n) is 4.87. The number of amides is 1. The number of carbonyl (C=O) groups excluding carboxylic acids is 1. The number of primary amides is 1. The topological polar surface area (TPSA) is 111 Å². The van der Waals surface area contributed by atoms with E-state index in [1.54, 1.807) is 6.07 Å². The van der Waals surface area contributed by atoms with Crippen molar-refractivity contribution < 1.29 is 14.1 Å².